The molecule has 2 aliphatic rings. The molecular formula is C25H36N2O4S. The molecule has 2 fully saturated rings. The van der Waals surface area contributed by atoms with E-state index in [1.807, 2.05) is 24.0 Å². The summed E-state index contributed by atoms with van der Waals surface area (Å²) >= 11 is 1.38. The van der Waals surface area contributed by atoms with Gasteiger partial charge in [-0.2, -0.15) is 0 Å². The number of hydrogen-bond donors (Lipinski definition) is 0. The second-order valence-electron chi connectivity index (χ2n) is 9.32. The molecule has 0 radical (unpaired) electrons. The van der Waals surface area contributed by atoms with Gasteiger partial charge in [0.05, 0.1) is 10.8 Å². The molecule has 32 heavy (non-hydrogen) atoms. The van der Waals surface area contributed by atoms with Gasteiger partial charge in [-0.15, -0.1) is 11.8 Å². The molecule has 0 spiro atoms. The third kappa shape index (κ3) is 6.27. The summed E-state index contributed by atoms with van der Waals surface area (Å²) < 4.78 is 5.55. The van der Waals surface area contributed by atoms with Gasteiger partial charge in [0.25, 0.3) is 5.91 Å². The van der Waals surface area contributed by atoms with E-state index in [-0.39, 0.29) is 17.1 Å². The number of carbonyl (C=O) groups excluding carboxylic acids is 3. The fourth-order valence-electron chi connectivity index (χ4n) is 4.23. The first-order chi connectivity index (χ1) is 15.3. The molecule has 0 N–H and O–H groups in total. The number of piperidine rings is 2. The molecule has 3 rings (SSSR count). The first kappa shape index (κ1) is 24.6. The van der Waals surface area contributed by atoms with Gasteiger partial charge in [-0.1, -0.05) is 26.0 Å². The molecule has 1 aromatic carbocycles. The topological polar surface area (TPSA) is 66.9 Å². The first-order valence-electron chi connectivity index (χ1n) is 11.8. The van der Waals surface area contributed by atoms with Crippen molar-refractivity contribution in [2.24, 2.45) is 11.8 Å². The van der Waals surface area contributed by atoms with E-state index < -0.39 is 12.1 Å². The molecule has 2 amide bonds. The summed E-state index contributed by atoms with van der Waals surface area (Å²) in [6.07, 6.45) is 3.20. The van der Waals surface area contributed by atoms with Crippen molar-refractivity contribution in [2.45, 2.75) is 69.6 Å². The lowest BCUT2D eigenvalue weighted by molar-refractivity contribution is -0.141. The van der Waals surface area contributed by atoms with Crippen LogP contribution in [0.2, 0.25) is 0 Å². The van der Waals surface area contributed by atoms with Crippen LogP contribution in [-0.2, 0) is 14.3 Å². The molecule has 176 valence electrons. The van der Waals surface area contributed by atoms with Crippen molar-refractivity contribution in [2.75, 3.05) is 26.2 Å². The van der Waals surface area contributed by atoms with E-state index in [9.17, 15) is 14.4 Å². The molecule has 1 aromatic rings. The Morgan fingerprint density at radius 3 is 1.94 bits per heavy atom. The molecule has 0 unspecified atom stereocenters. The minimum Gasteiger partial charge on any atom is -0.449 e. The highest BCUT2D eigenvalue weighted by Gasteiger charge is 2.29. The highest BCUT2D eigenvalue weighted by molar-refractivity contribution is 8.00. The van der Waals surface area contributed by atoms with Crippen LogP contribution in [0.1, 0.15) is 63.7 Å². The molecular weight excluding hydrogens is 424 g/mol. The van der Waals surface area contributed by atoms with Gasteiger partial charge in [0, 0.05) is 31.1 Å². The predicted molar refractivity (Wildman–Crippen MR) is 127 cm³/mol. The summed E-state index contributed by atoms with van der Waals surface area (Å²) in [5, 5.41) is -0.299. The zero-order chi connectivity index (χ0) is 23.3. The maximum atomic E-state index is 12.9. The van der Waals surface area contributed by atoms with Gasteiger partial charge in [0.15, 0.2) is 6.10 Å². The molecule has 2 saturated heterocycles. The predicted octanol–water partition coefficient (Wildman–Crippen LogP) is 4.23. The van der Waals surface area contributed by atoms with Crippen LogP contribution in [0, 0.1) is 11.8 Å². The molecule has 0 bridgehead atoms. The van der Waals surface area contributed by atoms with Crippen LogP contribution in [0.3, 0.4) is 0 Å². The normalized spacial score (nSPS) is 20.0. The van der Waals surface area contributed by atoms with E-state index in [1.54, 1.807) is 24.0 Å². The minimum absolute atomic E-state index is 0.105. The lowest BCUT2D eigenvalue weighted by Crippen LogP contribution is -2.44. The van der Waals surface area contributed by atoms with Gasteiger partial charge >= 0.3 is 5.97 Å². The van der Waals surface area contributed by atoms with Crippen LogP contribution in [0.15, 0.2) is 29.2 Å². The number of likely N-dealkylation sites (tertiary alicyclic amines) is 2. The molecule has 6 nitrogen and oxygen atoms in total. The van der Waals surface area contributed by atoms with Crippen LogP contribution in [0.4, 0.5) is 0 Å². The van der Waals surface area contributed by atoms with Gasteiger partial charge in [-0.3, -0.25) is 9.59 Å². The Morgan fingerprint density at radius 2 is 1.38 bits per heavy atom. The number of nitrogens with zero attached hydrogens (tertiary/aromatic N) is 2. The van der Waals surface area contributed by atoms with Crippen molar-refractivity contribution in [3.05, 3.63) is 29.8 Å². The number of hydrogen-bond acceptors (Lipinski definition) is 5. The third-order valence-corrected chi connectivity index (χ3v) is 7.75. The number of carbonyl (C=O) groups is 3. The molecule has 2 atom stereocenters. The van der Waals surface area contributed by atoms with Crippen LogP contribution >= 0.6 is 11.8 Å². The van der Waals surface area contributed by atoms with Crippen molar-refractivity contribution in [1.29, 1.82) is 0 Å². The molecule has 0 saturated carbocycles. The summed E-state index contributed by atoms with van der Waals surface area (Å²) in [4.78, 5) is 42.9. The van der Waals surface area contributed by atoms with Crippen LogP contribution < -0.4 is 0 Å². The van der Waals surface area contributed by atoms with E-state index in [2.05, 4.69) is 13.8 Å². The Labute approximate surface area is 196 Å². The fraction of sp³-hybridized carbons (Fsp3) is 0.640. The quantitative estimate of drug-likeness (QED) is 0.469. The second kappa shape index (κ2) is 11.2. The van der Waals surface area contributed by atoms with Crippen LogP contribution in [-0.4, -0.2) is 65.1 Å². The monoisotopic (exact) mass is 460 g/mol. The molecule has 2 heterocycles. The number of esters is 1. The van der Waals surface area contributed by atoms with E-state index in [0.29, 0.717) is 35.4 Å². The van der Waals surface area contributed by atoms with Crippen molar-refractivity contribution >= 4 is 29.5 Å². The number of thioether (sulfide) groups is 1. The second-order valence-corrected chi connectivity index (χ2v) is 10.7. The molecule has 7 heteroatoms. The number of benzene rings is 1. The average Bonchev–Trinajstić information content (AvgIpc) is 2.79. The van der Waals surface area contributed by atoms with Crippen molar-refractivity contribution in [1.82, 2.24) is 9.80 Å². The van der Waals surface area contributed by atoms with Crippen LogP contribution in [0.25, 0.3) is 0 Å². The minimum atomic E-state index is -0.830. The Morgan fingerprint density at radius 1 is 0.875 bits per heavy atom. The van der Waals surface area contributed by atoms with Gasteiger partial charge in [0.2, 0.25) is 5.91 Å². The molecule has 0 aromatic heterocycles. The van der Waals surface area contributed by atoms with Crippen molar-refractivity contribution in [3.63, 3.8) is 0 Å². The first-order valence-corrected chi connectivity index (χ1v) is 12.7. The summed E-state index contributed by atoms with van der Waals surface area (Å²) in [5.41, 5.74) is 0.399. The van der Waals surface area contributed by atoms with E-state index in [1.165, 1.54) is 11.8 Å². The number of rotatable bonds is 6. The van der Waals surface area contributed by atoms with E-state index in [0.717, 1.165) is 38.8 Å². The number of ether oxygens (including phenoxy) is 1. The Bertz CT molecular complexity index is 814. The fourth-order valence-corrected chi connectivity index (χ4v) is 5.29. The Balaban J connectivity index is 1.60. The maximum absolute atomic E-state index is 12.9. The summed E-state index contributed by atoms with van der Waals surface area (Å²) in [6.45, 7) is 10.9. The average molecular weight is 461 g/mol. The third-order valence-electron chi connectivity index (χ3n) is 6.58. The standard InChI is InChI=1S/C25H36N2O4S/c1-17-9-13-26(14-10-17)23(28)19(3)31-25(30)21-7-5-6-8-22(21)32-20(4)24(29)27-15-11-18(2)12-16-27/h5-8,17-20H,9-16H2,1-4H3/t19-,20+/m1/s1. The van der Waals surface area contributed by atoms with Crippen molar-refractivity contribution in [3.8, 4) is 0 Å². The van der Waals surface area contributed by atoms with Gasteiger partial charge in [-0.25, -0.2) is 4.79 Å². The molecule has 2 aliphatic heterocycles. The van der Waals surface area contributed by atoms with Crippen LogP contribution in [0.5, 0.6) is 0 Å². The zero-order valence-corrected chi connectivity index (χ0v) is 20.5. The SMILES string of the molecule is CC1CCN(C(=O)[C@H](C)Sc2ccccc2C(=O)O[C@H](C)C(=O)N2CCC(C)CC2)CC1. The summed E-state index contributed by atoms with van der Waals surface area (Å²) in [5.74, 6) is 0.728. The summed E-state index contributed by atoms with van der Waals surface area (Å²) in [6, 6.07) is 7.16. The van der Waals surface area contributed by atoms with Gasteiger partial charge < -0.3 is 14.5 Å². The van der Waals surface area contributed by atoms with Gasteiger partial charge in [-0.05, 0) is 63.5 Å². The van der Waals surface area contributed by atoms with E-state index >= 15 is 0 Å². The Kier molecular flexibility index (Phi) is 8.63. The van der Waals surface area contributed by atoms with Crippen molar-refractivity contribution < 1.29 is 19.1 Å². The molecule has 0 aliphatic carbocycles. The zero-order valence-electron chi connectivity index (χ0n) is 19.7. The Hall–Kier alpha value is -2.02. The highest BCUT2D eigenvalue weighted by Crippen LogP contribution is 2.30. The number of amides is 2. The lowest BCUT2D eigenvalue weighted by Gasteiger charge is -2.32. The van der Waals surface area contributed by atoms with E-state index in [4.69, 9.17) is 4.74 Å². The highest BCUT2D eigenvalue weighted by atomic mass is 32.2. The lowest BCUT2D eigenvalue weighted by atomic mass is 9.99. The maximum Gasteiger partial charge on any atom is 0.340 e. The summed E-state index contributed by atoms with van der Waals surface area (Å²) in [7, 11) is 0. The smallest absolute Gasteiger partial charge is 0.340 e. The van der Waals surface area contributed by atoms with Gasteiger partial charge in [0.1, 0.15) is 0 Å². The largest absolute Gasteiger partial charge is 0.449 e.